The van der Waals surface area contributed by atoms with E-state index in [0.717, 1.165) is 37.9 Å². The molecule has 3 aliphatic rings. The second kappa shape index (κ2) is 10.4. The summed E-state index contributed by atoms with van der Waals surface area (Å²) in [5.74, 6) is 1.62. The van der Waals surface area contributed by atoms with Gasteiger partial charge in [0, 0.05) is 31.4 Å². The molecule has 2 aliphatic heterocycles. The summed E-state index contributed by atoms with van der Waals surface area (Å²) in [7, 11) is 0. The fourth-order valence-electron chi connectivity index (χ4n) is 5.13. The van der Waals surface area contributed by atoms with Crippen molar-refractivity contribution in [3.63, 3.8) is 0 Å². The van der Waals surface area contributed by atoms with E-state index < -0.39 is 6.29 Å². The van der Waals surface area contributed by atoms with Crippen molar-refractivity contribution in [3.8, 4) is 0 Å². The molecular weight excluding hydrogens is 412 g/mol. The number of amides is 2. The van der Waals surface area contributed by atoms with E-state index in [2.05, 4.69) is 18.2 Å². The fourth-order valence-corrected chi connectivity index (χ4v) is 6.33. The first kappa shape index (κ1) is 22.6. The standard InChI is InChI=1S/C24H34N2O4S/c1-3-29-24(30-4-2)21-15-31-16-26(21)23(28)20-10-7-13-25(20)22(27)19-12-11-17-8-5-6-9-18(17)14-19/h5-6,8-9,19-21,24H,3-4,7,10-16H2,1-2H3/t19-,20-,21-/m0/s1. The monoisotopic (exact) mass is 446 g/mol. The van der Waals surface area contributed by atoms with E-state index in [9.17, 15) is 9.59 Å². The number of thioether (sulfide) groups is 1. The average Bonchev–Trinajstić information content (AvgIpc) is 3.47. The Kier molecular flexibility index (Phi) is 7.56. The van der Waals surface area contributed by atoms with E-state index in [-0.39, 0.29) is 29.8 Å². The van der Waals surface area contributed by atoms with Gasteiger partial charge in [0.05, 0.1) is 11.9 Å². The van der Waals surface area contributed by atoms with Gasteiger partial charge in [-0.25, -0.2) is 0 Å². The number of carbonyl (C=O) groups excluding carboxylic acids is 2. The van der Waals surface area contributed by atoms with Crippen LogP contribution in [0.4, 0.5) is 0 Å². The average molecular weight is 447 g/mol. The Morgan fingerprint density at radius 2 is 1.81 bits per heavy atom. The van der Waals surface area contributed by atoms with Crippen molar-refractivity contribution in [1.82, 2.24) is 9.80 Å². The van der Waals surface area contributed by atoms with Crippen molar-refractivity contribution in [3.05, 3.63) is 35.4 Å². The molecule has 0 radical (unpaired) electrons. The van der Waals surface area contributed by atoms with Crippen molar-refractivity contribution in [2.75, 3.05) is 31.4 Å². The van der Waals surface area contributed by atoms with Crippen LogP contribution in [0.3, 0.4) is 0 Å². The van der Waals surface area contributed by atoms with Gasteiger partial charge in [0.15, 0.2) is 6.29 Å². The Morgan fingerprint density at radius 3 is 2.55 bits per heavy atom. The van der Waals surface area contributed by atoms with Gasteiger partial charge < -0.3 is 19.3 Å². The van der Waals surface area contributed by atoms with Crippen molar-refractivity contribution in [2.24, 2.45) is 5.92 Å². The molecule has 0 unspecified atom stereocenters. The molecule has 0 spiro atoms. The number of nitrogens with zero attached hydrogens (tertiary/aromatic N) is 2. The first-order valence-corrected chi connectivity index (χ1v) is 12.8. The SMILES string of the molecule is CCOC(OCC)[C@@H]1CSCN1C(=O)[C@@H]1CCCN1C(=O)[C@H]1CCc2ccccc2C1. The summed E-state index contributed by atoms with van der Waals surface area (Å²) in [6.45, 7) is 5.66. The maximum absolute atomic E-state index is 13.6. The minimum atomic E-state index is -0.408. The Labute approximate surface area is 189 Å². The Hall–Kier alpha value is -1.57. The number of benzene rings is 1. The Balaban J connectivity index is 1.45. The first-order chi connectivity index (χ1) is 15.1. The third-order valence-electron chi connectivity index (χ3n) is 6.70. The van der Waals surface area contributed by atoms with Crippen LogP contribution in [0.1, 0.15) is 44.2 Å². The quantitative estimate of drug-likeness (QED) is 0.603. The zero-order valence-corrected chi connectivity index (χ0v) is 19.4. The van der Waals surface area contributed by atoms with Gasteiger partial charge in [-0.15, -0.1) is 11.8 Å². The summed E-state index contributed by atoms with van der Waals surface area (Å²) in [6.07, 6.45) is 3.81. The summed E-state index contributed by atoms with van der Waals surface area (Å²) < 4.78 is 11.6. The van der Waals surface area contributed by atoms with Crippen LogP contribution >= 0.6 is 11.8 Å². The van der Waals surface area contributed by atoms with Crippen molar-refractivity contribution >= 4 is 23.6 Å². The molecule has 1 aromatic carbocycles. The number of ether oxygens (including phenoxy) is 2. The van der Waals surface area contributed by atoms with E-state index in [1.807, 2.05) is 29.7 Å². The van der Waals surface area contributed by atoms with Crippen LogP contribution in [0.25, 0.3) is 0 Å². The first-order valence-electron chi connectivity index (χ1n) is 11.6. The van der Waals surface area contributed by atoms with Gasteiger partial charge >= 0.3 is 0 Å². The molecule has 170 valence electrons. The summed E-state index contributed by atoms with van der Waals surface area (Å²) in [6, 6.07) is 7.96. The molecule has 0 aromatic heterocycles. The van der Waals surface area contributed by atoms with Gasteiger partial charge in [-0.05, 0) is 57.1 Å². The van der Waals surface area contributed by atoms with Crippen LogP contribution in [0.15, 0.2) is 24.3 Å². The minimum Gasteiger partial charge on any atom is -0.351 e. The lowest BCUT2D eigenvalue weighted by molar-refractivity contribution is -0.175. The predicted octanol–water partition coefficient (Wildman–Crippen LogP) is 3.08. The normalized spacial score (nSPS) is 25.8. The molecule has 6 nitrogen and oxygen atoms in total. The second-order valence-corrected chi connectivity index (χ2v) is 9.55. The van der Waals surface area contributed by atoms with Crippen LogP contribution < -0.4 is 0 Å². The lowest BCUT2D eigenvalue weighted by Gasteiger charge is -2.35. The summed E-state index contributed by atoms with van der Waals surface area (Å²) in [5, 5.41) is 0. The minimum absolute atomic E-state index is 0.0216. The lowest BCUT2D eigenvalue weighted by atomic mass is 9.83. The summed E-state index contributed by atoms with van der Waals surface area (Å²) >= 11 is 1.73. The molecule has 4 rings (SSSR count). The number of aryl methyl sites for hydroxylation is 1. The van der Waals surface area contributed by atoms with Gasteiger partial charge in [0.25, 0.3) is 0 Å². The van der Waals surface area contributed by atoms with Crippen molar-refractivity contribution in [2.45, 2.75) is 64.3 Å². The smallest absolute Gasteiger partial charge is 0.246 e. The van der Waals surface area contributed by atoms with E-state index in [1.165, 1.54) is 11.1 Å². The van der Waals surface area contributed by atoms with Gasteiger partial charge in [0.2, 0.25) is 11.8 Å². The van der Waals surface area contributed by atoms with E-state index >= 15 is 0 Å². The van der Waals surface area contributed by atoms with Crippen LogP contribution in [0.5, 0.6) is 0 Å². The van der Waals surface area contributed by atoms with Crippen molar-refractivity contribution < 1.29 is 19.1 Å². The second-order valence-electron chi connectivity index (χ2n) is 8.55. The fraction of sp³-hybridized carbons (Fsp3) is 0.667. The molecule has 3 atom stereocenters. The van der Waals surface area contributed by atoms with Crippen LogP contribution in [0, 0.1) is 5.92 Å². The highest BCUT2D eigenvalue weighted by molar-refractivity contribution is 7.99. The highest BCUT2D eigenvalue weighted by atomic mass is 32.2. The molecule has 31 heavy (non-hydrogen) atoms. The van der Waals surface area contributed by atoms with Crippen LogP contribution in [-0.2, 0) is 31.9 Å². The third kappa shape index (κ3) is 4.78. The lowest BCUT2D eigenvalue weighted by Crippen LogP contribution is -2.54. The van der Waals surface area contributed by atoms with Gasteiger partial charge in [0.1, 0.15) is 6.04 Å². The Morgan fingerprint density at radius 1 is 1.06 bits per heavy atom. The number of hydrogen-bond donors (Lipinski definition) is 0. The molecule has 2 saturated heterocycles. The molecule has 7 heteroatoms. The maximum atomic E-state index is 13.6. The van der Waals surface area contributed by atoms with E-state index in [1.54, 1.807) is 11.8 Å². The van der Waals surface area contributed by atoms with E-state index in [0.29, 0.717) is 25.6 Å². The molecular formula is C24H34N2O4S. The number of likely N-dealkylation sites (tertiary alicyclic amines) is 1. The zero-order chi connectivity index (χ0) is 21.8. The summed E-state index contributed by atoms with van der Waals surface area (Å²) in [5.41, 5.74) is 2.64. The number of fused-ring (bicyclic) bond motifs is 1. The van der Waals surface area contributed by atoms with Crippen LogP contribution in [-0.4, -0.2) is 71.4 Å². The van der Waals surface area contributed by atoms with Crippen molar-refractivity contribution in [1.29, 1.82) is 0 Å². The molecule has 0 N–H and O–H groups in total. The molecule has 1 aromatic rings. The molecule has 2 amide bonds. The largest absolute Gasteiger partial charge is 0.351 e. The zero-order valence-electron chi connectivity index (χ0n) is 18.6. The van der Waals surface area contributed by atoms with Gasteiger partial charge in [-0.2, -0.15) is 0 Å². The van der Waals surface area contributed by atoms with E-state index in [4.69, 9.17) is 9.47 Å². The molecule has 0 saturated carbocycles. The summed E-state index contributed by atoms with van der Waals surface area (Å²) in [4.78, 5) is 30.8. The molecule has 2 fully saturated rings. The van der Waals surface area contributed by atoms with Gasteiger partial charge in [-0.3, -0.25) is 9.59 Å². The highest BCUT2D eigenvalue weighted by Gasteiger charge is 2.44. The Bertz CT molecular complexity index is 783. The molecule has 2 heterocycles. The highest BCUT2D eigenvalue weighted by Crippen LogP contribution is 2.32. The maximum Gasteiger partial charge on any atom is 0.246 e. The van der Waals surface area contributed by atoms with Crippen LogP contribution in [0.2, 0.25) is 0 Å². The number of hydrogen-bond acceptors (Lipinski definition) is 5. The van der Waals surface area contributed by atoms with Gasteiger partial charge in [-0.1, -0.05) is 24.3 Å². The molecule has 1 aliphatic carbocycles. The number of carbonyl (C=O) groups is 2. The number of rotatable bonds is 7. The third-order valence-corrected chi connectivity index (χ3v) is 7.73. The molecule has 0 bridgehead atoms. The predicted molar refractivity (Wildman–Crippen MR) is 122 cm³/mol. The topological polar surface area (TPSA) is 59.1 Å².